The highest BCUT2D eigenvalue weighted by atomic mass is 32.1. The smallest absolute Gasteiger partial charge is 0.287 e. The number of methoxy groups -OCH3 is 3. The molecule has 0 aliphatic heterocycles. The molecule has 180 valence electrons. The molecule has 1 heterocycles. The summed E-state index contributed by atoms with van der Waals surface area (Å²) in [4.78, 5) is 17.8. The Morgan fingerprint density at radius 3 is 2.37 bits per heavy atom. The van der Waals surface area contributed by atoms with Gasteiger partial charge < -0.3 is 18.9 Å². The third-order valence-corrected chi connectivity index (χ3v) is 6.06. The number of anilines is 1. The molecular formula is C26H25N3O5S. The van der Waals surface area contributed by atoms with E-state index in [1.54, 1.807) is 30.5 Å². The topological polar surface area (TPSA) is 82.5 Å². The van der Waals surface area contributed by atoms with Crippen molar-refractivity contribution in [3.8, 4) is 23.0 Å². The minimum atomic E-state index is -0.367. The number of amides is 1. The highest BCUT2D eigenvalue weighted by Crippen LogP contribution is 2.38. The summed E-state index contributed by atoms with van der Waals surface area (Å²) in [5.41, 5.74) is 2.55. The first-order valence-electron chi connectivity index (χ1n) is 10.7. The first-order valence-corrected chi connectivity index (χ1v) is 11.6. The first-order chi connectivity index (χ1) is 17.0. The molecule has 3 aromatic carbocycles. The van der Waals surface area contributed by atoms with Gasteiger partial charge in [0.05, 0.1) is 37.8 Å². The van der Waals surface area contributed by atoms with Gasteiger partial charge in [-0.2, -0.15) is 10.1 Å². The van der Waals surface area contributed by atoms with Crippen molar-refractivity contribution >= 4 is 38.8 Å². The SMILES string of the molecule is COc1cc(/C=N/N(C(=O)COc2ccccc2)c2nc3ccc(C)cc3s2)cc(OC)c1OC. The van der Waals surface area contributed by atoms with Crippen molar-refractivity contribution in [2.45, 2.75) is 6.92 Å². The average molecular weight is 492 g/mol. The molecule has 9 heteroatoms. The van der Waals surface area contributed by atoms with E-state index in [-0.39, 0.29) is 12.5 Å². The summed E-state index contributed by atoms with van der Waals surface area (Å²) in [6.07, 6.45) is 1.54. The second-order valence-electron chi connectivity index (χ2n) is 7.48. The molecule has 4 rings (SSSR count). The maximum Gasteiger partial charge on any atom is 0.287 e. The molecule has 0 aliphatic rings. The number of hydrazone groups is 1. The van der Waals surface area contributed by atoms with E-state index < -0.39 is 0 Å². The molecule has 0 unspecified atom stereocenters. The summed E-state index contributed by atoms with van der Waals surface area (Å²) in [5, 5.41) is 6.17. The second-order valence-corrected chi connectivity index (χ2v) is 8.49. The predicted molar refractivity (Wildman–Crippen MR) is 137 cm³/mol. The number of benzene rings is 3. The molecule has 0 fully saturated rings. The molecule has 0 N–H and O–H groups in total. The zero-order chi connectivity index (χ0) is 24.8. The minimum absolute atomic E-state index is 0.203. The maximum absolute atomic E-state index is 13.2. The van der Waals surface area contributed by atoms with Crippen LogP contribution in [0.1, 0.15) is 11.1 Å². The Bertz CT molecular complexity index is 1330. The molecule has 35 heavy (non-hydrogen) atoms. The molecule has 1 aromatic heterocycles. The van der Waals surface area contributed by atoms with Gasteiger partial charge in [0.1, 0.15) is 5.75 Å². The Kier molecular flexibility index (Phi) is 7.47. The lowest BCUT2D eigenvalue weighted by Crippen LogP contribution is -2.30. The van der Waals surface area contributed by atoms with E-state index in [4.69, 9.17) is 18.9 Å². The number of hydrogen-bond acceptors (Lipinski definition) is 8. The van der Waals surface area contributed by atoms with Gasteiger partial charge in [-0.25, -0.2) is 4.98 Å². The lowest BCUT2D eigenvalue weighted by molar-refractivity contribution is -0.120. The highest BCUT2D eigenvalue weighted by Gasteiger charge is 2.21. The largest absolute Gasteiger partial charge is 0.493 e. The van der Waals surface area contributed by atoms with Crippen LogP contribution in [0.3, 0.4) is 0 Å². The van der Waals surface area contributed by atoms with Gasteiger partial charge in [0.15, 0.2) is 18.1 Å². The lowest BCUT2D eigenvalue weighted by atomic mass is 10.2. The molecule has 0 saturated carbocycles. The van der Waals surface area contributed by atoms with Crippen molar-refractivity contribution in [2.24, 2.45) is 5.10 Å². The fourth-order valence-electron chi connectivity index (χ4n) is 3.35. The normalized spacial score (nSPS) is 11.0. The van der Waals surface area contributed by atoms with Gasteiger partial charge >= 0.3 is 0 Å². The number of hydrogen-bond donors (Lipinski definition) is 0. The quantitative estimate of drug-likeness (QED) is 0.240. The van der Waals surface area contributed by atoms with Gasteiger partial charge in [-0.05, 0) is 48.9 Å². The summed E-state index contributed by atoms with van der Waals surface area (Å²) in [7, 11) is 4.62. The van der Waals surface area contributed by atoms with Crippen molar-refractivity contribution in [2.75, 3.05) is 32.9 Å². The zero-order valence-electron chi connectivity index (χ0n) is 19.8. The number of aromatic nitrogens is 1. The van der Waals surface area contributed by atoms with Crippen LogP contribution in [0.4, 0.5) is 5.13 Å². The molecule has 0 atom stereocenters. The van der Waals surface area contributed by atoms with Gasteiger partial charge in [0.25, 0.3) is 5.91 Å². The average Bonchev–Trinajstić information content (AvgIpc) is 3.30. The number of thiazole rings is 1. The number of fused-ring (bicyclic) bond motifs is 1. The van der Waals surface area contributed by atoms with Crippen LogP contribution in [0.2, 0.25) is 0 Å². The summed E-state index contributed by atoms with van der Waals surface area (Å²) in [6.45, 7) is 1.81. The molecule has 0 radical (unpaired) electrons. The summed E-state index contributed by atoms with van der Waals surface area (Å²) in [6, 6.07) is 18.6. The van der Waals surface area contributed by atoms with Crippen LogP contribution in [0.25, 0.3) is 10.2 Å². The van der Waals surface area contributed by atoms with Crippen LogP contribution < -0.4 is 24.0 Å². The van der Waals surface area contributed by atoms with E-state index in [0.29, 0.717) is 33.7 Å². The van der Waals surface area contributed by atoms with Crippen molar-refractivity contribution < 1.29 is 23.7 Å². The van der Waals surface area contributed by atoms with Gasteiger partial charge in [0, 0.05) is 5.56 Å². The highest BCUT2D eigenvalue weighted by molar-refractivity contribution is 7.22. The number of aryl methyl sites for hydroxylation is 1. The Morgan fingerprint density at radius 2 is 1.71 bits per heavy atom. The van der Waals surface area contributed by atoms with Crippen molar-refractivity contribution in [3.63, 3.8) is 0 Å². The Balaban J connectivity index is 1.68. The number of rotatable bonds is 9. The van der Waals surface area contributed by atoms with E-state index in [1.165, 1.54) is 37.7 Å². The van der Waals surface area contributed by atoms with E-state index in [9.17, 15) is 4.79 Å². The predicted octanol–water partition coefficient (Wildman–Crippen LogP) is 5.08. The number of nitrogens with zero attached hydrogens (tertiary/aromatic N) is 3. The Labute approximate surface area is 207 Å². The lowest BCUT2D eigenvalue weighted by Gasteiger charge is -2.15. The fourth-order valence-corrected chi connectivity index (χ4v) is 4.39. The summed E-state index contributed by atoms with van der Waals surface area (Å²) < 4.78 is 22.9. The Hall–Kier alpha value is -4.11. The van der Waals surface area contributed by atoms with Crippen molar-refractivity contribution in [1.82, 2.24) is 4.98 Å². The summed E-state index contributed by atoms with van der Waals surface area (Å²) in [5.74, 6) is 1.66. The molecular weight excluding hydrogens is 466 g/mol. The standard InChI is InChI=1S/C26H25N3O5S/c1-17-10-11-20-23(12-17)35-26(28-20)29(24(30)16-34-19-8-6-5-7-9-19)27-15-18-13-21(31-2)25(33-4)22(14-18)32-3/h5-15H,16H2,1-4H3/b27-15+. The van der Waals surface area contributed by atoms with Gasteiger partial charge in [0.2, 0.25) is 10.9 Å². The second kappa shape index (κ2) is 10.9. The molecule has 0 aliphatic carbocycles. The van der Waals surface area contributed by atoms with Crippen LogP contribution in [-0.2, 0) is 4.79 Å². The molecule has 0 saturated heterocycles. The molecule has 0 spiro atoms. The zero-order valence-corrected chi connectivity index (χ0v) is 20.7. The first kappa shape index (κ1) is 24.0. The molecule has 1 amide bonds. The van der Waals surface area contributed by atoms with Crippen LogP contribution in [0, 0.1) is 6.92 Å². The molecule has 4 aromatic rings. The van der Waals surface area contributed by atoms with Crippen LogP contribution >= 0.6 is 11.3 Å². The van der Waals surface area contributed by atoms with E-state index in [2.05, 4.69) is 10.1 Å². The van der Waals surface area contributed by atoms with Crippen LogP contribution in [-0.4, -0.2) is 45.0 Å². The summed E-state index contributed by atoms with van der Waals surface area (Å²) >= 11 is 1.38. The van der Waals surface area contributed by atoms with Gasteiger partial charge in [-0.15, -0.1) is 0 Å². The van der Waals surface area contributed by atoms with Crippen LogP contribution in [0.15, 0.2) is 65.8 Å². The fraction of sp³-hybridized carbons (Fsp3) is 0.192. The third-order valence-electron chi connectivity index (χ3n) is 5.06. The van der Waals surface area contributed by atoms with Crippen LogP contribution in [0.5, 0.6) is 23.0 Å². The molecule has 0 bridgehead atoms. The minimum Gasteiger partial charge on any atom is -0.493 e. The van der Waals surface area contributed by atoms with E-state index in [0.717, 1.165) is 15.8 Å². The monoisotopic (exact) mass is 491 g/mol. The number of carbonyl (C=O) groups is 1. The van der Waals surface area contributed by atoms with Crippen molar-refractivity contribution in [3.05, 3.63) is 71.8 Å². The number of carbonyl (C=O) groups excluding carboxylic acids is 1. The molecule has 8 nitrogen and oxygen atoms in total. The van der Waals surface area contributed by atoms with Crippen molar-refractivity contribution in [1.29, 1.82) is 0 Å². The third kappa shape index (κ3) is 5.52. The van der Waals surface area contributed by atoms with Gasteiger partial charge in [-0.3, -0.25) is 4.79 Å². The van der Waals surface area contributed by atoms with Gasteiger partial charge in [-0.1, -0.05) is 35.6 Å². The Morgan fingerprint density at radius 1 is 1.00 bits per heavy atom. The van der Waals surface area contributed by atoms with E-state index in [1.807, 2.05) is 43.3 Å². The van der Waals surface area contributed by atoms with E-state index >= 15 is 0 Å². The number of ether oxygens (including phenoxy) is 4. The maximum atomic E-state index is 13.2. The number of para-hydroxylation sites is 1.